The molecule has 3 nitrogen and oxygen atoms in total. The molecule has 0 N–H and O–H groups in total. The molecule has 3 heteroatoms. The molecular formula is C24H24O3. The van der Waals surface area contributed by atoms with Gasteiger partial charge in [-0.15, -0.1) is 0 Å². The molecule has 0 bridgehead atoms. The number of carbonyl (C=O) groups is 1. The van der Waals surface area contributed by atoms with Crippen molar-refractivity contribution in [1.82, 2.24) is 0 Å². The number of esters is 1. The van der Waals surface area contributed by atoms with Gasteiger partial charge in [0.25, 0.3) is 0 Å². The van der Waals surface area contributed by atoms with E-state index < -0.39 is 5.60 Å². The maximum absolute atomic E-state index is 12.3. The number of rotatable bonds is 4. The van der Waals surface area contributed by atoms with Crippen molar-refractivity contribution >= 4 is 5.97 Å². The fourth-order valence-electron chi connectivity index (χ4n) is 2.88. The highest BCUT2D eigenvalue weighted by Crippen LogP contribution is 2.35. The minimum absolute atomic E-state index is 0.317. The average Bonchev–Trinajstić information content (AvgIpc) is 2.67. The molecule has 0 aliphatic heterocycles. The summed E-state index contributed by atoms with van der Waals surface area (Å²) in [6.45, 7) is 5.59. The molecule has 0 atom stereocenters. The van der Waals surface area contributed by atoms with Gasteiger partial charge in [0, 0.05) is 0 Å². The van der Waals surface area contributed by atoms with Crippen LogP contribution >= 0.6 is 0 Å². The van der Waals surface area contributed by atoms with E-state index in [-0.39, 0.29) is 5.97 Å². The van der Waals surface area contributed by atoms with E-state index in [1.54, 1.807) is 19.2 Å². The number of hydrogen-bond donors (Lipinski definition) is 0. The van der Waals surface area contributed by atoms with Gasteiger partial charge in [-0.3, -0.25) is 0 Å². The monoisotopic (exact) mass is 360 g/mol. The van der Waals surface area contributed by atoms with E-state index in [4.69, 9.17) is 9.47 Å². The second-order valence-corrected chi connectivity index (χ2v) is 7.36. The highest BCUT2D eigenvalue weighted by Gasteiger charge is 2.18. The Morgan fingerprint density at radius 1 is 0.778 bits per heavy atom. The van der Waals surface area contributed by atoms with Crippen molar-refractivity contribution in [1.29, 1.82) is 0 Å². The zero-order valence-electron chi connectivity index (χ0n) is 16.2. The van der Waals surface area contributed by atoms with Crippen LogP contribution in [0, 0.1) is 0 Å². The highest BCUT2D eigenvalue weighted by atomic mass is 16.6. The Kier molecular flexibility index (Phi) is 5.31. The quantitative estimate of drug-likeness (QED) is 0.537. The summed E-state index contributed by atoms with van der Waals surface area (Å²) in [5, 5.41) is 0. The van der Waals surface area contributed by atoms with Gasteiger partial charge in [-0.25, -0.2) is 4.79 Å². The van der Waals surface area contributed by atoms with Crippen LogP contribution in [-0.2, 0) is 4.74 Å². The van der Waals surface area contributed by atoms with Crippen LogP contribution in [0.15, 0.2) is 72.8 Å². The Balaban J connectivity index is 1.99. The largest absolute Gasteiger partial charge is 0.497 e. The van der Waals surface area contributed by atoms with E-state index in [1.165, 1.54) is 0 Å². The molecule has 3 rings (SSSR count). The van der Waals surface area contributed by atoms with E-state index in [1.807, 2.05) is 63.2 Å². The minimum Gasteiger partial charge on any atom is -0.497 e. The first-order valence-electron chi connectivity index (χ1n) is 8.94. The van der Waals surface area contributed by atoms with Crippen LogP contribution in [0.5, 0.6) is 5.75 Å². The normalized spacial score (nSPS) is 11.1. The van der Waals surface area contributed by atoms with Gasteiger partial charge in [0.2, 0.25) is 0 Å². The van der Waals surface area contributed by atoms with Gasteiger partial charge in [0.1, 0.15) is 11.4 Å². The van der Waals surface area contributed by atoms with Crippen LogP contribution in [0.4, 0.5) is 0 Å². The predicted octanol–water partition coefficient (Wildman–Crippen LogP) is 5.98. The van der Waals surface area contributed by atoms with Crippen molar-refractivity contribution in [3.8, 4) is 28.0 Å². The molecule has 3 aromatic rings. The summed E-state index contributed by atoms with van der Waals surface area (Å²) >= 11 is 0. The van der Waals surface area contributed by atoms with Crippen LogP contribution in [-0.4, -0.2) is 18.7 Å². The summed E-state index contributed by atoms with van der Waals surface area (Å²) in [5.41, 5.74) is 4.34. The summed E-state index contributed by atoms with van der Waals surface area (Å²) in [4.78, 5) is 12.3. The number of methoxy groups -OCH3 is 1. The molecule has 3 aromatic carbocycles. The lowest BCUT2D eigenvalue weighted by Crippen LogP contribution is -2.23. The third-order valence-corrected chi connectivity index (χ3v) is 4.14. The van der Waals surface area contributed by atoms with Crippen LogP contribution in [0.2, 0.25) is 0 Å². The van der Waals surface area contributed by atoms with Gasteiger partial charge in [-0.05, 0) is 67.3 Å². The van der Waals surface area contributed by atoms with Crippen LogP contribution in [0.1, 0.15) is 31.1 Å². The first-order valence-corrected chi connectivity index (χ1v) is 8.94. The van der Waals surface area contributed by atoms with Crippen molar-refractivity contribution in [2.45, 2.75) is 26.4 Å². The van der Waals surface area contributed by atoms with Crippen LogP contribution < -0.4 is 4.74 Å². The van der Waals surface area contributed by atoms with E-state index in [9.17, 15) is 4.79 Å². The molecule has 0 aliphatic carbocycles. The number of benzene rings is 3. The summed E-state index contributed by atoms with van der Waals surface area (Å²) in [7, 11) is 1.66. The van der Waals surface area contributed by atoms with Crippen molar-refractivity contribution in [2.75, 3.05) is 7.11 Å². The van der Waals surface area contributed by atoms with Crippen molar-refractivity contribution < 1.29 is 14.3 Å². The maximum Gasteiger partial charge on any atom is 0.338 e. The van der Waals surface area contributed by atoms with Gasteiger partial charge < -0.3 is 9.47 Å². The zero-order chi connectivity index (χ0) is 19.4. The fraction of sp³-hybridized carbons (Fsp3) is 0.208. The van der Waals surface area contributed by atoms with Crippen molar-refractivity contribution in [3.05, 3.63) is 78.4 Å². The Hall–Kier alpha value is -3.07. The molecule has 0 fully saturated rings. The highest BCUT2D eigenvalue weighted by molar-refractivity contribution is 5.91. The lowest BCUT2D eigenvalue weighted by molar-refractivity contribution is 0.00695. The molecule has 0 saturated carbocycles. The zero-order valence-corrected chi connectivity index (χ0v) is 16.2. The molecule has 27 heavy (non-hydrogen) atoms. The molecule has 138 valence electrons. The smallest absolute Gasteiger partial charge is 0.338 e. The van der Waals surface area contributed by atoms with Crippen molar-refractivity contribution in [2.24, 2.45) is 0 Å². The fourth-order valence-corrected chi connectivity index (χ4v) is 2.88. The van der Waals surface area contributed by atoms with Gasteiger partial charge in [0.15, 0.2) is 0 Å². The van der Waals surface area contributed by atoms with Gasteiger partial charge >= 0.3 is 5.97 Å². The van der Waals surface area contributed by atoms with Gasteiger partial charge in [-0.2, -0.15) is 0 Å². The lowest BCUT2D eigenvalue weighted by atomic mass is 9.94. The minimum atomic E-state index is -0.511. The Bertz CT molecular complexity index is 920. The van der Waals surface area contributed by atoms with Crippen LogP contribution in [0.25, 0.3) is 22.3 Å². The van der Waals surface area contributed by atoms with Gasteiger partial charge in [-0.1, -0.05) is 48.5 Å². The maximum atomic E-state index is 12.3. The van der Waals surface area contributed by atoms with E-state index in [0.29, 0.717) is 5.56 Å². The lowest BCUT2D eigenvalue weighted by Gasteiger charge is -2.19. The molecule has 0 saturated heterocycles. The summed E-state index contributed by atoms with van der Waals surface area (Å²) in [6, 6.07) is 23.8. The first kappa shape index (κ1) is 18.7. The SMILES string of the molecule is COc1ccc(-c2ccccc2)c(-c2ccc(C(=O)OC(C)(C)C)cc2)c1. The van der Waals surface area contributed by atoms with Gasteiger partial charge in [0.05, 0.1) is 12.7 Å². The molecule has 0 unspecified atom stereocenters. The third-order valence-electron chi connectivity index (χ3n) is 4.14. The first-order chi connectivity index (χ1) is 12.9. The second-order valence-electron chi connectivity index (χ2n) is 7.36. The topological polar surface area (TPSA) is 35.5 Å². The van der Waals surface area contributed by atoms with E-state index in [2.05, 4.69) is 18.2 Å². The standard InChI is InChI=1S/C24H24O3/c1-24(2,3)27-23(25)19-12-10-18(11-13-19)22-16-20(26-4)14-15-21(22)17-8-6-5-7-9-17/h5-16H,1-4H3. The molecular weight excluding hydrogens is 336 g/mol. The Labute approximate surface area is 160 Å². The van der Waals surface area contributed by atoms with E-state index >= 15 is 0 Å². The Morgan fingerprint density at radius 2 is 1.41 bits per heavy atom. The number of hydrogen-bond acceptors (Lipinski definition) is 3. The number of ether oxygens (including phenoxy) is 2. The van der Waals surface area contributed by atoms with E-state index in [0.717, 1.165) is 28.0 Å². The molecule has 0 amide bonds. The summed E-state index contributed by atoms with van der Waals surface area (Å²) in [5.74, 6) is 0.476. The third kappa shape index (κ3) is 4.56. The molecule has 0 aromatic heterocycles. The summed E-state index contributed by atoms with van der Waals surface area (Å²) < 4.78 is 10.8. The van der Waals surface area contributed by atoms with Crippen LogP contribution in [0.3, 0.4) is 0 Å². The number of carbonyl (C=O) groups excluding carboxylic acids is 1. The average molecular weight is 360 g/mol. The predicted molar refractivity (Wildman–Crippen MR) is 109 cm³/mol. The molecule has 0 aliphatic rings. The Morgan fingerprint density at radius 3 is 2.00 bits per heavy atom. The van der Waals surface area contributed by atoms with Crippen molar-refractivity contribution in [3.63, 3.8) is 0 Å². The molecule has 0 radical (unpaired) electrons. The second kappa shape index (κ2) is 7.67. The molecule has 0 heterocycles. The molecule has 0 spiro atoms. The summed E-state index contributed by atoms with van der Waals surface area (Å²) in [6.07, 6.45) is 0.